The van der Waals surface area contributed by atoms with Crippen LogP contribution < -0.4 is 10.6 Å². The average Bonchev–Trinajstić information content (AvgIpc) is 3.37. The van der Waals surface area contributed by atoms with Crippen molar-refractivity contribution in [3.8, 4) is 11.6 Å². The minimum Gasteiger partial charge on any atom is -0.461 e. The first-order valence-corrected chi connectivity index (χ1v) is 10.2. The van der Waals surface area contributed by atoms with Crippen molar-refractivity contribution in [1.29, 1.82) is 0 Å². The third-order valence-corrected chi connectivity index (χ3v) is 4.67. The second kappa shape index (κ2) is 9.93. The SMILES string of the molecule is CN=C(NCCc1nc(-c2ccco2)n[nH]1)NCc1ccc(F)cc1CSC. The minimum atomic E-state index is -0.212. The van der Waals surface area contributed by atoms with Gasteiger partial charge in [-0.05, 0) is 41.6 Å². The van der Waals surface area contributed by atoms with E-state index in [2.05, 4.69) is 30.8 Å². The molecule has 3 aromatic rings. The number of hydrogen-bond donors (Lipinski definition) is 3. The molecule has 9 heteroatoms. The number of nitrogens with one attached hydrogen (secondary N) is 3. The number of hydrogen-bond acceptors (Lipinski definition) is 5. The summed E-state index contributed by atoms with van der Waals surface area (Å²) in [5.41, 5.74) is 2.04. The predicted molar refractivity (Wildman–Crippen MR) is 110 cm³/mol. The van der Waals surface area contributed by atoms with Crippen LogP contribution in [0.3, 0.4) is 0 Å². The lowest BCUT2D eigenvalue weighted by molar-refractivity contribution is 0.577. The van der Waals surface area contributed by atoms with Crippen LogP contribution in [0.2, 0.25) is 0 Å². The number of furan rings is 1. The van der Waals surface area contributed by atoms with Gasteiger partial charge in [0.25, 0.3) is 0 Å². The number of H-pyrrole nitrogens is 1. The normalized spacial score (nSPS) is 11.6. The van der Waals surface area contributed by atoms with Crippen LogP contribution in [0.1, 0.15) is 17.0 Å². The van der Waals surface area contributed by atoms with E-state index in [0.717, 1.165) is 22.7 Å². The van der Waals surface area contributed by atoms with Crippen molar-refractivity contribution in [1.82, 2.24) is 25.8 Å². The summed E-state index contributed by atoms with van der Waals surface area (Å²) in [6.07, 6.45) is 4.25. The summed E-state index contributed by atoms with van der Waals surface area (Å²) < 4.78 is 18.8. The summed E-state index contributed by atoms with van der Waals surface area (Å²) in [7, 11) is 1.71. The van der Waals surface area contributed by atoms with Crippen LogP contribution in [0.5, 0.6) is 0 Å². The van der Waals surface area contributed by atoms with E-state index in [1.807, 2.05) is 18.4 Å². The van der Waals surface area contributed by atoms with Gasteiger partial charge in [-0.2, -0.15) is 16.9 Å². The fourth-order valence-electron chi connectivity index (χ4n) is 2.68. The van der Waals surface area contributed by atoms with E-state index in [4.69, 9.17) is 4.42 Å². The van der Waals surface area contributed by atoms with E-state index >= 15 is 0 Å². The van der Waals surface area contributed by atoms with Crippen LogP contribution in [0, 0.1) is 5.82 Å². The van der Waals surface area contributed by atoms with Crippen molar-refractivity contribution in [2.75, 3.05) is 19.8 Å². The van der Waals surface area contributed by atoms with Crippen molar-refractivity contribution in [2.24, 2.45) is 4.99 Å². The Morgan fingerprint density at radius 2 is 2.18 bits per heavy atom. The molecule has 0 fully saturated rings. The fraction of sp³-hybridized carbons (Fsp3) is 0.316. The van der Waals surface area contributed by atoms with Crippen molar-refractivity contribution >= 4 is 17.7 Å². The molecule has 7 nitrogen and oxygen atoms in total. The van der Waals surface area contributed by atoms with Gasteiger partial charge in [-0.25, -0.2) is 9.37 Å². The van der Waals surface area contributed by atoms with Gasteiger partial charge in [-0.1, -0.05) is 6.07 Å². The lowest BCUT2D eigenvalue weighted by atomic mass is 10.1. The second-order valence-corrected chi connectivity index (χ2v) is 6.90. The summed E-state index contributed by atoms with van der Waals surface area (Å²) in [5, 5.41) is 13.6. The summed E-state index contributed by atoms with van der Waals surface area (Å²) >= 11 is 1.67. The maximum atomic E-state index is 13.5. The summed E-state index contributed by atoms with van der Waals surface area (Å²) in [6.45, 7) is 1.20. The molecule has 0 bridgehead atoms. The molecule has 0 atom stereocenters. The molecule has 0 aliphatic heterocycles. The van der Waals surface area contributed by atoms with Crippen LogP contribution in [-0.2, 0) is 18.7 Å². The molecule has 0 unspecified atom stereocenters. The maximum absolute atomic E-state index is 13.5. The van der Waals surface area contributed by atoms with E-state index in [1.165, 1.54) is 6.07 Å². The van der Waals surface area contributed by atoms with Crippen LogP contribution in [0.25, 0.3) is 11.6 Å². The number of halogens is 1. The molecule has 0 radical (unpaired) electrons. The Kier molecular flexibility index (Phi) is 7.07. The molecule has 0 aliphatic carbocycles. The highest BCUT2D eigenvalue weighted by atomic mass is 32.2. The topological polar surface area (TPSA) is 91.1 Å². The standard InChI is InChI=1S/C19H23FN6OS/c1-21-19(23-11-13-5-6-15(20)10-14(13)12-28-2)22-8-7-17-24-18(26-25-17)16-4-3-9-27-16/h3-6,9-10H,7-8,11-12H2,1-2H3,(H2,21,22,23)(H,24,25,26). The van der Waals surface area contributed by atoms with E-state index < -0.39 is 0 Å². The van der Waals surface area contributed by atoms with Gasteiger partial charge in [-0.3, -0.25) is 10.1 Å². The Hall–Kier alpha value is -2.81. The lowest BCUT2D eigenvalue weighted by Gasteiger charge is -2.14. The van der Waals surface area contributed by atoms with E-state index in [1.54, 1.807) is 37.2 Å². The first-order valence-electron chi connectivity index (χ1n) is 8.85. The quantitative estimate of drug-likeness (QED) is 0.396. The minimum absolute atomic E-state index is 0.212. The van der Waals surface area contributed by atoms with Gasteiger partial charge in [0.15, 0.2) is 11.7 Å². The molecule has 0 saturated heterocycles. The molecule has 3 rings (SSSR count). The molecule has 2 aromatic heterocycles. The summed E-state index contributed by atoms with van der Waals surface area (Å²) in [6, 6.07) is 8.50. The number of aromatic nitrogens is 3. The van der Waals surface area contributed by atoms with Gasteiger partial charge in [-0.15, -0.1) is 0 Å². The zero-order valence-corrected chi connectivity index (χ0v) is 16.6. The molecule has 148 valence electrons. The Bertz CT molecular complexity index is 909. The maximum Gasteiger partial charge on any atom is 0.216 e. The molecule has 0 saturated carbocycles. The van der Waals surface area contributed by atoms with Gasteiger partial charge in [0, 0.05) is 32.3 Å². The number of nitrogens with zero attached hydrogens (tertiary/aromatic N) is 3. The highest BCUT2D eigenvalue weighted by Gasteiger charge is 2.09. The molecule has 0 aliphatic rings. The number of aliphatic imine (C=N–C) groups is 1. The number of guanidine groups is 1. The van der Waals surface area contributed by atoms with Crippen LogP contribution in [0.4, 0.5) is 4.39 Å². The Balaban J connectivity index is 1.49. The van der Waals surface area contributed by atoms with Crippen molar-refractivity contribution < 1.29 is 8.81 Å². The number of thioether (sulfide) groups is 1. The third kappa shape index (κ3) is 5.35. The molecule has 1 aromatic carbocycles. The second-order valence-electron chi connectivity index (χ2n) is 6.03. The monoisotopic (exact) mass is 402 g/mol. The number of benzene rings is 1. The van der Waals surface area contributed by atoms with Crippen LogP contribution in [-0.4, -0.2) is 41.0 Å². The highest BCUT2D eigenvalue weighted by Crippen LogP contribution is 2.17. The van der Waals surface area contributed by atoms with Gasteiger partial charge in [0.1, 0.15) is 11.6 Å². The van der Waals surface area contributed by atoms with Crippen molar-refractivity contribution in [3.63, 3.8) is 0 Å². The molecule has 0 spiro atoms. The molecular formula is C19H23FN6OS. The largest absolute Gasteiger partial charge is 0.461 e. The number of rotatable bonds is 8. The molecule has 0 amide bonds. The number of aromatic amines is 1. The van der Waals surface area contributed by atoms with Gasteiger partial charge < -0.3 is 15.1 Å². The molecule has 3 N–H and O–H groups in total. The molecule has 2 heterocycles. The predicted octanol–water partition coefficient (Wildman–Crippen LogP) is 2.97. The Labute approximate surface area is 167 Å². The van der Waals surface area contributed by atoms with Crippen molar-refractivity contribution in [3.05, 3.63) is 59.4 Å². The van der Waals surface area contributed by atoms with E-state index in [-0.39, 0.29) is 5.82 Å². The fourth-order valence-corrected chi connectivity index (χ4v) is 3.26. The smallest absolute Gasteiger partial charge is 0.216 e. The highest BCUT2D eigenvalue weighted by molar-refractivity contribution is 7.97. The van der Waals surface area contributed by atoms with Gasteiger partial charge in [0.2, 0.25) is 5.82 Å². The van der Waals surface area contributed by atoms with Crippen LogP contribution >= 0.6 is 11.8 Å². The van der Waals surface area contributed by atoms with Crippen LogP contribution in [0.15, 0.2) is 46.0 Å². The first-order chi connectivity index (χ1) is 13.7. The molecule has 28 heavy (non-hydrogen) atoms. The molecular weight excluding hydrogens is 379 g/mol. The summed E-state index contributed by atoms with van der Waals surface area (Å²) in [5.74, 6) is 3.16. The zero-order valence-electron chi connectivity index (χ0n) is 15.8. The van der Waals surface area contributed by atoms with Gasteiger partial charge in [0.05, 0.1) is 6.26 Å². The third-order valence-electron chi connectivity index (χ3n) is 4.07. The van der Waals surface area contributed by atoms with E-state index in [0.29, 0.717) is 37.1 Å². The van der Waals surface area contributed by atoms with E-state index in [9.17, 15) is 4.39 Å². The zero-order chi connectivity index (χ0) is 19.8. The lowest BCUT2D eigenvalue weighted by Crippen LogP contribution is -2.38. The summed E-state index contributed by atoms with van der Waals surface area (Å²) in [4.78, 5) is 8.64. The first kappa shape index (κ1) is 19.9. The Morgan fingerprint density at radius 3 is 2.93 bits per heavy atom. The van der Waals surface area contributed by atoms with Crippen molar-refractivity contribution in [2.45, 2.75) is 18.7 Å². The average molecular weight is 402 g/mol. The van der Waals surface area contributed by atoms with Gasteiger partial charge >= 0.3 is 0 Å². The Morgan fingerprint density at radius 1 is 1.29 bits per heavy atom.